The van der Waals surface area contributed by atoms with Crippen LogP contribution in [-0.4, -0.2) is 20.9 Å². The molecule has 0 aliphatic rings. The Hall–Kier alpha value is -2.14. The van der Waals surface area contributed by atoms with Gasteiger partial charge in [-0.1, -0.05) is 11.6 Å². The largest absolute Gasteiger partial charge is 0.481 e. The Kier molecular flexibility index (Phi) is 3.66. The molecule has 0 saturated heterocycles. The van der Waals surface area contributed by atoms with E-state index in [9.17, 15) is 9.59 Å². The lowest BCUT2D eigenvalue weighted by atomic mass is 10.2. The number of halogens is 1. The van der Waals surface area contributed by atoms with Crippen LogP contribution in [0.4, 0.5) is 0 Å². The molecule has 98 valence electrons. The highest BCUT2D eigenvalue weighted by Gasteiger charge is 2.10. The first-order valence-electron chi connectivity index (χ1n) is 5.55. The second-order valence-electron chi connectivity index (χ2n) is 4.06. The summed E-state index contributed by atoms with van der Waals surface area (Å²) in [4.78, 5) is 22.3. The SMILES string of the molecule is Cc1cc(=O)c(CC(=O)O)nn1-c1ccc(Cl)cc1. The molecule has 0 aliphatic carbocycles. The highest BCUT2D eigenvalue weighted by molar-refractivity contribution is 6.30. The topological polar surface area (TPSA) is 72.2 Å². The van der Waals surface area contributed by atoms with E-state index in [1.807, 2.05) is 0 Å². The van der Waals surface area contributed by atoms with Crippen molar-refractivity contribution in [3.8, 4) is 5.69 Å². The predicted molar refractivity (Wildman–Crippen MR) is 70.9 cm³/mol. The Morgan fingerprint density at radius 1 is 1.37 bits per heavy atom. The highest BCUT2D eigenvalue weighted by atomic mass is 35.5. The molecule has 0 unspecified atom stereocenters. The molecule has 0 fully saturated rings. The van der Waals surface area contributed by atoms with Crippen molar-refractivity contribution in [1.82, 2.24) is 9.78 Å². The second-order valence-corrected chi connectivity index (χ2v) is 4.49. The van der Waals surface area contributed by atoms with E-state index in [4.69, 9.17) is 16.7 Å². The van der Waals surface area contributed by atoms with Gasteiger partial charge in [0.2, 0.25) is 5.43 Å². The minimum atomic E-state index is -1.09. The van der Waals surface area contributed by atoms with E-state index in [0.29, 0.717) is 16.4 Å². The molecule has 1 aromatic carbocycles. The Labute approximate surface area is 114 Å². The van der Waals surface area contributed by atoms with E-state index in [-0.39, 0.29) is 11.1 Å². The number of carboxylic acid groups (broad SMARTS) is 1. The van der Waals surface area contributed by atoms with Gasteiger partial charge in [0, 0.05) is 16.8 Å². The van der Waals surface area contributed by atoms with Crippen LogP contribution in [0, 0.1) is 6.92 Å². The summed E-state index contributed by atoms with van der Waals surface area (Å²) in [6.45, 7) is 1.73. The summed E-state index contributed by atoms with van der Waals surface area (Å²) in [5.74, 6) is -1.09. The zero-order chi connectivity index (χ0) is 14.0. The fourth-order valence-corrected chi connectivity index (χ4v) is 1.82. The molecule has 0 atom stereocenters. The van der Waals surface area contributed by atoms with Crippen molar-refractivity contribution in [2.24, 2.45) is 0 Å². The molecule has 6 heteroatoms. The highest BCUT2D eigenvalue weighted by Crippen LogP contribution is 2.13. The number of carbonyl (C=O) groups is 1. The lowest BCUT2D eigenvalue weighted by Crippen LogP contribution is -2.21. The van der Waals surface area contributed by atoms with Gasteiger partial charge in [-0.05, 0) is 31.2 Å². The molecule has 0 bridgehead atoms. The van der Waals surface area contributed by atoms with Crippen LogP contribution in [-0.2, 0) is 11.2 Å². The van der Waals surface area contributed by atoms with E-state index < -0.39 is 12.4 Å². The molecule has 0 aliphatic heterocycles. The summed E-state index contributed by atoms with van der Waals surface area (Å²) in [5.41, 5.74) is 0.980. The standard InChI is InChI=1S/C13H11ClN2O3/c1-8-6-12(17)11(7-13(18)19)15-16(8)10-4-2-9(14)3-5-10/h2-6H,7H2,1H3,(H,18,19). The van der Waals surface area contributed by atoms with E-state index in [2.05, 4.69) is 5.10 Å². The summed E-state index contributed by atoms with van der Waals surface area (Å²) < 4.78 is 1.52. The number of nitrogens with zero attached hydrogens (tertiary/aromatic N) is 2. The van der Waals surface area contributed by atoms with Crippen LogP contribution in [0.1, 0.15) is 11.4 Å². The van der Waals surface area contributed by atoms with E-state index in [1.165, 1.54) is 10.7 Å². The number of benzene rings is 1. The monoisotopic (exact) mass is 278 g/mol. The van der Waals surface area contributed by atoms with Gasteiger partial charge < -0.3 is 5.11 Å². The fourth-order valence-electron chi connectivity index (χ4n) is 1.69. The Morgan fingerprint density at radius 3 is 2.58 bits per heavy atom. The van der Waals surface area contributed by atoms with Gasteiger partial charge in [-0.3, -0.25) is 9.59 Å². The molecule has 19 heavy (non-hydrogen) atoms. The van der Waals surface area contributed by atoms with Crippen molar-refractivity contribution < 1.29 is 9.90 Å². The van der Waals surface area contributed by atoms with Gasteiger partial charge >= 0.3 is 5.97 Å². The number of hydrogen-bond donors (Lipinski definition) is 1. The lowest BCUT2D eigenvalue weighted by Gasteiger charge is -2.10. The van der Waals surface area contributed by atoms with Gasteiger partial charge in [-0.15, -0.1) is 0 Å². The predicted octanol–water partition coefficient (Wildman–Crippen LogP) is 1.82. The van der Waals surface area contributed by atoms with Crippen molar-refractivity contribution in [3.63, 3.8) is 0 Å². The molecule has 1 N–H and O–H groups in total. The third kappa shape index (κ3) is 3.00. The normalized spacial score (nSPS) is 10.4. The molecular formula is C13H11ClN2O3. The average molecular weight is 279 g/mol. The first kappa shape index (κ1) is 13.3. The van der Waals surface area contributed by atoms with Crippen molar-refractivity contribution >= 4 is 17.6 Å². The smallest absolute Gasteiger partial charge is 0.309 e. The molecule has 0 spiro atoms. The van der Waals surface area contributed by atoms with Crippen LogP contribution >= 0.6 is 11.6 Å². The first-order chi connectivity index (χ1) is 8.97. The van der Waals surface area contributed by atoms with Crippen molar-refractivity contribution in [1.29, 1.82) is 0 Å². The molecule has 2 aromatic rings. The number of carboxylic acids is 1. The van der Waals surface area contributed by atoms with Gasteiger partial charge in [-0.2, -0.15) is 5.10 Å². The van der Waals surface area contributed by atoms with Gasteiger partial charge in [-0.25, -0.2) is 4.68 Å². The summed E-state index contributed by atoms with van der Waals surface area (Å²) in [6, 6.07) is 8.27. The summed E-state index contributed by atoms with van der Waals surface area (Å²) >= 11 is 5.81. The van der Waals surface area contributed by atoms with Crippen LogP contribution < -0.4 is 5.43 Å². The first-order valence-corrected chi connectivity index (χ1v) is 5.93. The third-order valence-corrected chi connectivity index (χ3v) is 2.82. The van der Waals surface area contributed by atoms with Gasteiger partial charge in [0.15, 0.2) is 0 Å². The van der Waals surface area contributed by atoms with E-state index in [1.54, 1.807) is 31.2 Å². The molecule has 2 rings (SSSR count). The maximum absolute atomic E-state index is 11.7. The van der Waals surface area contributed by atoms with Crippen molar-refractivity contribution in [2.45, 2.75) is 13.3 Å². The molecule has 0 amide bonds. The number of hydrogen-bond acceptors (Lipinski definition) is 3. The quantitative estimate of drug-likeness (QED) is 0.929. The summed E-state index contributed by atoms with van der Waals surface area (Å²) in [5, 5.41) is 13.4. The maximum Gasteiger partial charge on any atom is 0.309 e. The zero-order valence-corrected chi connectivity index (χ0v) is 10.9. The maximum atomic E-state index is 11.7. The van der Waals surface area contributed by atoms with Gasteiger partial charge in [0.1, 0.15) is 5.69 Å². The molecule has 0 saturated carbocycles. The molecule has 1 aromatic heterocycles. The lowest BCUT2D eigenvalue weighted by molar-refractivity contribution is -0.136. The number of aromatic nitrogens is 2. The van der Waals surface area contributed by atoms with Crippen LogP contribution in [0.15, 0.2) is 35.1 Å². The van der Waals surface area contributed by atoms with E-state index >= 15 is 0 Å². The Morgan fingerprint density at radius 2 is 2.00 bits per heavy atom. The minimum Gasteiger partial charge on any atom is -0.481 e. The average Bonchev–Trinajstić information content (AvgIpc) is 2.33. The molecule has 5 nitrogen and oxygen atoms in total. The number of aryl methyl sites for hydroxylation is 1. The van der Waals surface area contributed by atoms with Crippen LogP contribution in [0.2, 0.25) is 5.02 Å². The van der Waals surface area contributed by atoms with Gasteiger partial charge in [0.05, 0.1) is 12.1 Å². The summed E-state index contributed by atoms with van der Waals surface area (Å²) in [6.07, 6.45) is -0.396. The van der Waals surface area contributed by atoms with Crippen molar-refractivity contribution in [2.75, 3.05) is 0 Å². The Bertz CT molecular complexity index is 677. The third-order valence-electron chi connectivity index (χ3n) is 2.57. The number of rotatable bonds is 3. The second kappa shape index (κ2) is 5.24. The van der Waals surface area contributed by atoms with Gasteiger partial charge in [0.25, 0.3) is 0 Å². The minimum absolute atomic E-state index is 0.00745. The van der Waals surface area contributed by atoms with Crippen LogP contribution in [0.25, 0.3) is 5.69 Å². The summed E-state index contributed by atoms with van der Waals surface area (Å²) in [7, 11) is 0. The Balaban J connectivity index is 2.54. The van der Waals surface area contributed by atoms with Crippen LogP contribution in [0.5, 0.6) is 0 Å². The zero-order valence-electron chi connectivity index (χ0n) is 10.1. The molecule has 0 radical (unpaired) electrons. The van der Waals surface area contributed by atoms with E-state index in [0.717, 1.165) is 0 Å². The van der Waals surface area contributed by atoms with Crippen LogP contribution in [0.3, 0.4) is 0 Å². The van der Waals surface area contributed by atoms with Crippen molar-refractivity contribution in [3.05, 3.63) is 57.0 Å². The number of aliphatic carboxylic acids is 1. The molecular weight excluding hydrogens is 268 g/mol. The molecule has 1 heterocycles. The fraction of sp³-hybridized carbons (Fsp3) is 0.154.